The van der Waals surface area contributed by atoms with Crippen molar-refractivity contribution in [3.05, 3.63) is 33.9 Å². The average Bonchev–Trinajstić information content (AvgIpc) is 2.41. The van der Waals surface area contributed by atoms with Crippen LogP contribution in [0, 0.1) is 17.0 Å². The number of nitro groups is 1. The zero-order valence-corrected chi connectivity index (χ0v) is 10.8. The maximum Gasteiger partial charge on any atom is 0.269 e. The molecule has 4 unspecified atom stereocenters. The molecule has 4 atom stereocenters. The number of hydrogen-bond acceptors (Lipinski definition) is 7. The number of hydrogen-bond donors (Lipinski definition) is 4. The summed E-state index contributed by atoms with van der Waals surface area (Å²) in [5.74, 6) is 0. The van der Waals surface area contributed by atoms with Crippen molar-refractivity contribution in [3.63, 3.8) is 0 Å². The summed E-state index contributed by atoms with van der Waals surface area (Å²) >= 11 is 0. The van der Waals surface area contributed by atoms with Gasteiger partial charge in [-0.2, -0.15) is 0 Å². The van der Waals surface area contributed by atoms with Crippen molar-refractivity contribution in [2.24, 2.45) is 0 Å². The predicted molar refractivity (Wildman–Crippen MR) is 69.2 cm³/mol. The van der Waals surface area contributed by atoms with Crippen LogP contribution in [0.25, 0.3) is 0 Å². The van der Waals surface area contributed by atoms with E-state index in [0.717, 1.165) is 0 Å². The number of aryl methyl sites for hydroxylation is 1. The Morgan fingerprint density at radius 1 is 1.35 bits per heavy atom. The predicted octanol–water partition coefficient (Wildman–Crippen LogP) is -0.246. The maximum absolute atomic E-state index is 10.6. The second-order valence-electron chi connectivity index (χ2n) is 4.70. The number of nitrogens with zero attached hydrogens (tertiary/aromatic N) is 1. The summed E-state index contributed by atoms with van der Waals surface area (Å²) in [5, 5.41) is 42.2. The summed E-state index contributed by atoms with van der Waals surface area (Å²) in [7, 11) is 0. The highest BCUT2D eigenvalue weighted by Crippen LogP contribution is 2.24. The van der Waals surface area contributed by atoms with Crippen molar-refractivity contribution in [1.82, 2.24) is 0 Å². The number of non-ortho nitro benzene ring substituents is 1. The van der Waals surface area contributed by atoms with Gasteiger partial charge >= 0.3 is 0 Å². The second kappa shape index (κ2) is 5.71. The normalized spacial score (nSPS) is 30.0. The molecule has 1 heterocycles. The van der Waals surface area contributed by atoms with Crippen molar-refractivity contribution < 1.29 is 25.0 Å². The Bertz CT molecular complexity index is 509. The summed E-state index contributed by atoms with van der Waals surface area (Å²) in [4.78, 5) is 10.1. The van der Waals surface area contributed by atoms with Crippen LogP contribution >= 0.6 is 0 Å². The molecule has 0 spiro atoms. The van der Waals surface area contributed by atoms with Gasteiger partial charge in [-0.05, 0) is 18.6 Å². The first kappa shape index (κ1) is 14.7. The summed E-state index contributed by atoms with van der Waals surface area (Å²) in [6.45, 7) is 1.57. The number of nitro benzene ring substituents is 1. The quantitative estimate of drug-likeness (QED) is 0.445. The molecule has 20 heavy (non-hydrogen) atoms. The van der Waals surface area contributed by atoms with Gasteiger partial charge in [0, 0.05) is 17.8 Å². The smallest absolute Gasteiger partial charge is 0.269 e. The minimum Gasteiger partial charge on any atom is -0.388 e. The van der Waals surface area contributed by atoms with E-state index in [4.69, 9.17) is 4.74 Å². The van der Waals surface area contributed by atoms with Gasteiger partial charge in [-0.3, -0.25) is 10.1 Å². The molecule has 8 nitrogen and oxygen atoms in total. The van der Waals surface area contributed by atoms with E-state index in [-0.39, 0.29) is 12.3 Å². The number of benzene rings is 1. The van der Waals surface area contributed by atoms with Crippen LogP contribution < -0.4 is 5.32 Å². The summed E-state index contributed by atoms with van der Waals surface area (Å²) in [5.41, 5.74) is 1.12. The molecule has 110 valence electrons. The van der Waals surface area contributed by atoms with Crippen molar-refractivity contribution in [1.29, 1.82) is 0 Å². The van der Waals surface area contributed by atoms with Crippen molar-refractivity contribution in [2.75, 3.05) is 11.9 Å². The molecule has 2 rings (SSSR count). The number of aliphatic hydroxyl groups excluding tert-OH is 3. The largest absolute Gasteiger partial charge is 0.388 e. The van der Waals surface area contributed by atoms with Gasteiger partial charge in [-0.1, -0.05) is 0 Å². The highest BCUT2D eigenvalue weighted by Gasteiger charge is 2.37. The summed E-state index contributed by atoms with van der Waals surface area (Å²) < 4.78 is 5.20. The lowest BCUT2D eigenvalue weighted by Crippen LogP contribution is -2.55. The Balaban J connectivity index is 2.12. The van der Waals surface area contributed by atoms with E-state index in [2.05, 4.69) is 5.32 Å². The Hall–Kier alpha value is -1.74. The summed E-state index contributed by atoms with van der Waals surface area (Å²) in [6, 6.07) is 4.22. The Kier molecular flexibility index (Phi) is 4.19. The Morgan fingerprint density at radius 3 is 2.65 bits per heavy atom. The number of anilines is 1. The maximum atomic E-state index is 10.6. The van der Waals surface area contributed by atoms with Crippen LogP contribution in [-0.2, 0) is 4.74 Å². The van der Waals surface area contributed by atoms with E-state index >= 15 is 0 Å². The van der Waals surface area contributed by atoms with Crippen LogP contribution in [0.2, 0.25) is 0 Å². The number of ether oxygens (including phenoxy) is 1. The van der Waals surface area contributed by atoms with Crippen LogP contribution in [0.1, 0.15) is 5.56 Å². The first-order chi connectivity index (χ1) is 9.40. The van der Waals surface area contributed by atoms with Gasteiger partial charge in [0.05, 0.1) is 11.5 Å². The number of rotatable bonds is 3. The minimum absolute atomic E-state index is 0.0337. The van der Waals surface area contributed by atoms with Gasteiger partial charge in [-0.15, -0.1) is 0 Å². The van der Waals surface area contributed by atoms with E-state index in [0.29, 0.717) is 11.3 Å². The van der Waals surface area contributed by atoms with Crippen LogP contribution in [0.5, 0.6) is 0 Å². The van der Waals surface area contributed by atoms with Crippen LogP contribution in [0.4, 0.5) is 11.4 Å². The van der Waals surface area contributed by atoms with Gasteiger partial charge < -0.3 is 25.4 Å². The van der Waals surface area contributed by atoms with E-state index < -0.39 is 29.5 Å². The molecule has 1 aromatic carbocycles. The molecular weight excluding hydrogens is 268 g/mol. The lowest BCUT2D eigenvalue weighted by atomic mass is 10.0. The molecule has 1 fully saturated rings. The van der Waals surface area contributed by atoms with Gasteiger partial charge in [-0.25, -0.2) is 0 Å². The molecule has 1 aliphatic rings. The molecule has 1 aromatic rings. The van der Waals surface area contributed by atoms with Crippen molar-refractivity contribution in [2.45, 2.75) is 31.5 Å². The molecule has 1 saturated heterocycles. The van der Waals surface area contributed by atoms with Crippen LogP contribution in [-0.4, -0.2) is 51.4 Å². The van der Waals surface area contributed by atoms with E-state index in [1.54, 1.807) is 6.92 Å². The summed E-state index contributed by atoms with van der Waals surface area (Å²) in [6.07, 6.45) is -4.64. The molecule has 0 radical (unpaired) electrons. The van der Waals surface area contributed by atoms with Crippen LogP contribution in [0.3, 0.4) is 0 Å². The third-order valence-corrected chi connectivity index (χ3v) is 3.22. The van der Waals surface area contributed by atoms with E-state index in [9.17, 15) is 25.4 Å². The molecule has 1 aliphatic heterocycles. The molecule has 0 bridgehead atoms. The fourth-order valence-corrected chi connectivity index (χ4v) is 2.01. The standard InChI is InChI=1S/C12H16N2O6/c1-6-4-7(14(18)19)2-3-8(6)13-12-11(17)10(16)9(15)5-20-12/h2-4,9-13,15-17H,5H2,1H3. The van der Waals surface area contributed by atoms with E-state index in [1.165, 1.54) is 18.2 Å². The van der Waals surface area contributed by atoms with E-state index in [1.807, 2.05) is 0 Å². The van der Waals surface area contributed by atoms with Crippen molar-refractivity contribution >= 4 is 11.4 Å². The molecule has 0 aliphatic carbocycles. The number of nitrogens with one attached hydrogen (secondary N) is 1. The fraction of sp³-hybridized carbons (Fsp3) is 0.500. The third-order valence-electron chi connectivity index (χ3n) is 3.22. The highest BCUT2D eigenvalue weighted by molar-refractivity contribution is 5.55. The van der Waals surface area contributed by atoms with Gasteiger partial charge in [0.25, 0.3) is 5.69 Å². The fourth-order valence-electron chi connectivity index (χ4n) is 2.01. The molecule has 0 amide bonds. The lowest BCUT2D eigenvalue weighted by molar-refractivity contribution is -0.384. The SMILES string of the molecule is Cc1cc([N+](=O)[O-])ccc1NC1OCC(O)C(O)C1O. The molecule has 8 heteroatoms. The topological polar surface area (TPSA) is 125 Å². The second-order valence-corrected chi connectivity index (χ2v) is 4.70. The Labute approximate surface area is 114 Å². The van der Waals surface area contributed by atoms with Crippen LogP contribution in [0.15, 0.2) is 18.2 Å². The molecule has 0 saturated carbocycles. The first-order valence-corrected chi connectivity index (χ1v) is 6.07. The van der Waals surface area contributed by atoms with Crippen molar-refractivity contribution in [3.8, 4) is 0 Å². The molecule has 4 N–H and O–H groups in total. The molecular formula is C12H16N2O6. The Morgan fingerprint density at radius 2 is 2.05 bits per heavy atom. The average molecular weight is 284 g/mol. The first-order valence-electron chi connectivity index (χ1n) is 6.07. The minimum atomic E-state index is -1.31. The highest BCUT2D eigenvalue weighted by atomic mass is 16.6. The number of aliphatic hydroxyl groups is 3. The monoisotopic (exact) mass is 284 g/mol. The zero-order chi connectivity index (χ0) is 14.9. The van der Waals surface area contributed by atoms with Gasteiger partial charge in [0.2, 0.25) is 0 Å². The van der Waals surface area contributed by atoms with Gasteiger partial charge in [0.1, 0.15) is 18.3 Å². The third kappa shape index (κ3) is 2.88. The lowest BCUT2D eigenvalue weighted by Gasteiger charge is -2.36. The molecule has 0 aromatic heterocycles. The zero-order valence-electron chi connectivity index (χ0n) is 10.8. The van der Waals surface area contributed by atoms with Gasteiger partial charge in [0.15, 0.2) is 6.23 Å².